The van der Waals surface area contributed by atoms with E-state index in [2.05, 4.69) is 4.90 Å². The lowest BCUT2D eigenvalue weighted by Gasteiger charge is -2.37. The Hall–Kier alpha value is -2.82. The molecule has 5 nitrogen and oxygen atoms in total. The SMILES string of the molecule is CC(=O)c1ccc(N2CCN(C(=O)[C@@H](C)Oc3cccc(C)c3)CC2)cc1. The fourth-order valence-electron chi connectivity index (χ4n) is 3.29. The predicted octanol–water partition coefficient (Wildman–Crippen LogP) is 3.31. The van der Waals surface area contributed by atoms with Gasteiger partial charge in [0.25, 0.3) is 5.91 Å². The van der Waals surface area contributed by atoms with Crippen LogP contribution in [0.2, 0.25) is 0 Å². The molecule has 0 aromatic heterocycles. The summed E-state index contributed by atoms with van der Waals surface area (Å²) in [6.45, 7) is 8.23. The molecule has 3 rings (SSSR count). The average molecular weight is 366 g/mol. The highest BCUT2D eigenvalue weighted by molar-refractivity contribution is 5.94. The average Bonchev–Trinajstić information content (AvgIpc) is 2.67. The lowest BCUT2D eigenvalue weighted by molar-refractivity contribution is -0.138. The third-order valence-electron chi connectivity index (χ3n) is 4.88. The Morgan fingerprint density at radius 3 is 2.26 bits per heavy atom. The summed E-state index contributed by atoms with van der Waals surface area (Å²) < 4.78 is 5.82. The Bertz CT molecular complexity index is 809. The van der Waals surface area contributed by atoms with Crippen molar-refractivity contribution in [1.82, 2.24) is 4.90 Å². The molecule has 0 unspecified atom stereocenters. The van der Waals surface area contributed by atoms with Crippen LogP contribution in [0.4, 0.5) is 5.69 Å². The molecular formula is C22H26N2O3. The summed E-state index contributed by atoms with van der Waals surface area (Å²) in [6, 6.07) is 15.4. The zero-order valence-electron chi connectivity index (χ0n) is 16.1. The second-order valence-electron chi connectivity index (χ2n) is 6.99. The van der Waals surface area contributed by atoms with Crippen molar-refractivity contribution >= 4 is 17.4 Å². The summed E-state index contributed by atoms with van der Waals surface area (Å²) in [5, 5.41) is 0. The van der Waals surface area contributed by atoms with Crippen LogP contribution in [0.5, 0.6) is 5.75 Å². The van der Waals surface area contributed by atoms with E-state index in [1.807, 2.05) is 60.4 Å². The minimum Gasteiger partial charge on any atom is -0.481 e. The first-order chi connectivity index (χ1) is 12.9. The first kappa shape index (κ1) is 19.0. The monoisotopic (exact) mass is 366 g/mol. The molecule has 5 heteroatoms. The number of anilines is 1. The van der Waals surface area contributed by atoms with Gasteiger partial charge in [0.05, 0.1) is 0 Å². The lowest BCUT2D eigenvalue weighted by atomic mass is 10.1. The molecule has 1 atom stereocenters. The zero-order chi connectivity index (χ0) is 19.4. The fraction of sp³-hybridized carbons (Fsp3) is 0.364. The third-order valence-corrected chi connectivity index (χ3v) is 4.88. The highest BCUT2D eigenvalue weighted by Crippen LogP contribution is 2.19. The predicted molar refractivity (Wildman–Crippen MR) is 107 cm³/mol. The van der Waals surface area contributed by atoms with E-state index >= 15 is 0 Å². The minimum atomic E-state index is -0.506. The third kappa shape index (κ3) is 4.67. The van der Waals surface area contributed by atoms with Gasteiger partial charge in [0.15, 0.2) is 11.9 Å². The number of hydrogen-bond acceptors (Lipinski definition) is 4. The van der Waals surface area contributed by atoms with Crippen LogP contribution in [0.25, 0.3) is 0 Å². The zero-order valence-corrected chi connectivity index (χ0v) is 16.1. The topological polar surface area (TPSA) is 49.9 Å². The Balaban J connectivity index is 1.54. The van der Waals surface area contributed by atoms with Gasteiger partial charge < -0.3 is 14.5 Å². The Morgan fingerprint density at radius 2 is 1.67 bits per heavy atom. The van der Waals surface area contributed by atoms with Gasteiger partial charge in [-0.3, -0.25) is 9.59 Å². The summed E-state index contributed by atoms with van der Waals surface area (Å²) in [5.41, 5.74) is 2.90. The van der Waals surface area contributed by atoms with E-state index in [9.17, 15) is 9.59 Å². The van der Waals surface area contributed by atoms with Gasteiger partial charge >= 0.3 is 0 Å². The Labute approximate surface area is 160 Å². The molecule has 2 aromatic rings. The molecule has 0 radical (unpaired) electrons. The molecule has 1 fully saturated rings. The fourth-order valence-corrected chi connectivity index (χ4v) is 3.29. The first-order valence-corrected chi connectivity index (χ1v) is 9.32. The highest BCUT2D eigenvalue weighted by atomic mass is 16.5. The van der Waals surface area contributed by atoms with Gasteiger partial charge in [-0.05, 0) is 62.7 Å². The van der Waals surface area contributed by atoms with Crippen molar-refractivity contribution in [2.75, 3.05) is 31.1 Å². The number of carbonyl (C=O) groups excluding carboxylic acids is 2. The van der Waals surface area contributed by atoms with Crippen LogP contribution in [-0.4, -0.2) is 48.9 Å². The highest BCUT2D eigenvalue weighted by Gasteiger charge is 2.26. The number of aryl methyl sites for hydroxylation is 1. The van der Waals surface area contributed by atoms with Gasteiger partial charge in [0.1, 0.15) is 5.75 Å². The van der Waals surface area contributed by atoms with E-state index in [0.29, 0.717) is 13.1 Å². The number of rotatable bonds is 5. The maximum atomic E-state index is 12.7. The Morgan fingerprint density at radius 1 is 1.00 bits per heavy atom. The first-order valence-electron chi connectivity index (χ1n) is 9.32. The number of ether oxygens (including phenoxy) is 1. The van der Waals surface area contributed by atoms with Crippen LogP contribution >= 0.6 is 0 Å². The van der Waals surface area contributed by atoms with Crippen LogP contribution in [-0.2, 0) is 4.79 Å². The molecular weight excluding hydrogens is 340 g/mol. The molecule has 0 saturated carbocycles. The smallest absolute Gasteiger partial charge is 0.263 e. The maximum absolute atomic E-state index is 12.7. The quantitative estimate of drug-likeness (QED) is 0.762. The second-order valence-corrected chi connectivity index (χ2v) is 6.99. The van der Waals surface area contributed by atoms with Crippen molar-refractivity contribution in [3.63, 3.8) is 0 Å². The number of benzene rings is 2. The number of ketones is 1. The number of carbonyl (C=O) groups is 2. The van der Waals surface area contributed by atoms with Gasteiger partial charge in [-0.25, -0.2) is 0 Å². The second kappa shape index (κ2) is 8.25. The molecule has 1 aliphatic heterocycles. The minimum absolute atomic E-state index is 0.0167. The summed E-state index contributed by atoms with van der Waals surface area (Å²) >= 11 is 0. The number of piperazine rings is 1. The van der Waals surface area contributed by atoms with E-state index in [4.69, 9.17) is 4.74 Å². The molecule has 1 heterocycles. The van der Waals surface area contributed by atoms with Crippen molar-refractivity contribution in [1.29, 1.82) is 0 Å². The van der Waals surface area contributed by atoms with Crippen LogP contribution in [0.15, 0.2) is 48.5 Å². The van der Waals surface area contributed by atoms with Gasteiger partial charge in [0, 0.05) is 37.4 Å². The molecule has 0 aliphatic carbocycles. The van der Waals surface area contributed by atoms with Gasteiger partial charge in [-0.2, -0.15) is 0 Å². The number of Topliss-reactive ketones (excluding diaryl/α,β-unsaturated/α-hetero) is 1. The standard InChI is InChI=1S/C22H26N2O3/c1-16-5-4-6-21(15-16)27-18(3)22(26)24-13-11-23(12-14-24)20-9-7-19(8-10-20)17(2)25/h4-10,15,18H,11-14H2,1-3H3/t18-/m1/s1. The number of amides is 1. The van der Waals surface area contributed by atoms with Gasteiger partial charge in [-0.1, -0.05) is 12.1 Å². The molecule has 2 aromatic carbocycles. The van der Waals surface area contributed by atoms with Gasteiger partial charge in [0.2, 0.25) is 0 Å². The summed E-state index contributed by atoms with van der Waals surface area (Å²) in [6.07, 6.45) is -0.506. The van der Waals surface area contributed by atoms with Crippen molar-refractivity contribution in [3.8, 4) is 5.75 Å². The molecule has 1 saturated heterocycles. The van der Waals surface area contributed by atoms with Crippen molar-refractivity contribution in [3.05, 3.63) is 59.7 Å². The summed E-state index contributed by atoms with van der Waals surface area (Å²) in [4.78, 5) is 28.2. The Kier molecular flexibility index (Phi) is 5.79. The van der Waals surface area contributed by atoms with Crippen molar-refractivity contribution < 1.29 is 14.3 Å². The molecule has 1 aliphatic rings. The van der Waals surface area contributed by atoms with Crippen molar-refractivity contribution in [2.45, 2.75) is 26.9 Å². The number of hydrogen-bond donors (Lipinski definition) is 0. The maximum Gasteiger partial charge on any atom is 0.263 e. The van der Waals surface area contributed by atoms with Crippen LogP contribution in [0.3, 0.4) is 0 Å². The van der Waals surface area contributed by atoms with Crippen LogP contribution in [0, 0.1) is 6.92 Å². The van der Waals surface area contributed by atoms with Crippen molar-refractivity contribution in [2.24, 2.45) is 0 Å². The van der Waals surface area contributed by atoms with E-state index in [1.54, 1.807) is 13.8 Å². The molecule has 0 bridgehead atoms. The summed E-state index contributed by atoms with van der Waals surface area (Å²) in [7, 11) is 0. The van der Waals surface area contributed by atoms with E-state index < -0.39 is 6.10 Å². The lowest BCUT2D eigenvalue weighted by Crippen LogP contribution is -2.52. The summed E-state index contributed by atoms with van der Waals surface area (Å²) in [5.74, 6) is 0.808. The largest absolute Gasteiger partial charge is 0.481 e. The van der Waals surface area contributed by atoms with Crippen LogP contribution < -0.4 is 9.64 Å². The molecule has 0 N–H and O–H groups in total. The normalized spacial score (nSPS) is 15.4. The molecule has 0 spiro atoms. The molecule has 1 amide bonds. The van der Waals surface area contributed by atoms with E-state index in [-0.39, 0.29) is 11.7 Å². The van der Waals surface area contributed by atoms with Crippen LogP contribution in [0.1, 0.15) is 29.8 Å². The van der Waals surface area contributed by atoms with E-state index in [1.165, 1.54) is 0 Å². The van der Waals surface area contributed by atoms with Gasteiger partial charge in [-0.15, -0.1) is 0 Å². The number of nitrogens with zero attached hydrogens (tertiary/aromatic N) is 2. The molecule has 27 heavy (non-hydrogen) atoms. The molecule has 142 valence electrons. The van der Waals surface area contributed by atoms with E-state index in [0.717, 1.165) is 35.7 Å².